The number of hydrogen-bond donors (Lipinski definition) is 2. The fourth-order valence-corrected chi connectivity index (χ4v) is 3.30. The maximum Gasteiger partial charge on any atom is 0.317 e. The highest BCUT2D eigenvalue weighted by Crippen LogP contribution is 2.33. The zero-order chi connectivity index (χ0) is 15.3. The Balaban J connectivity index is 1.86. The lowest BCUT2D eigenvalue weighted by Gasteiger charge is -2.39. The Kier molecular flexibility index (Phi) is 5.26. The lowest BCUT2D eigenvalue weighted by molar-refractivity contribution is -0.152. The van der Waals surface area contributed by atoms with Gasteiger partial charge in [0.15, 0.2) is 0 Å². The Morgan fingerprint density at radius 3 is 2.86 bits per heavy atom. The van der Waals surface area contributed by atoms with Gasteiger partial charge in [0.2, 0.25) is 0 Å². The minimum absolute atomic E-state index is 0.108. The molecule has 2 unspecified atom stereocenters. The van der Waals surface area contributed by atoms with Crippen molar-refractivity contribution < 1.29 is 14.7 Å². The number of nitrogens with one attached hydrogen (secondary N) is 1. The fourth-order valence-electron chi connectivity index (χ4n) is 3.30. The van der Waals surface area contributed by atoms with Crippen LogP contribution in [0.1, 0.15) is 45.4 Å². The summed E-state index contributed by atoms with van der Waals surface area (Å²) in [6.45, 7) is 3.57. The molecule has 1 saturated heterocycles. The highest BCUT2D eigenvalue weighted by Gasteiger charge is 2.42. The summed E-state index contributed by atoms with van der Waals surface area (Å²) in [6, 6.07) is -0.108. The molecule has 118 valence electrons. The van der Waals surface area contributed by atoms with Gasteiger partial charge in [-0.25, -0.2) is 4.79 Å². The summed E-state index contributed by atoms with van der Waals surface area (Å²) in [5.41, 5.74) is -0.761. The maximum absolute atomic E-state index is 12.3. The molecule has 2 amide bonds. The van der Waals surface area contributed by atoms with Crippen molar-refractivity contribution in [3.8, 4) is 0 Å². The first-order chi connectivity index (χ1) is 10.1. The summed E-state index contributed by atoms with van der Waals surface area (Å²) >= 11 is 0. The predicted molar refractivity (Wildman–Crippen MR) is 81.0 cm³/mol. The Labute approximate surface area is 126 Å². The van der Waals surface area contributed by atoms with Crippen LogP contribution in [0.3, 0.4) is 0 Å². The lowest BCUT2D eigenvalue weighted by Crippen LogP contribution is -2.52. The fraction of sp³-hybridized carbons (Fsp3) is 0.750. The van der Waals surface area contributed by atoms with Crippen LogP contribution in [0.15, 0.2) is 12.2 Å². The number of allylic oxidation sites excluding steroid dienone is 2. The zero-order valence-corrected chi connectivity index (χ0v) is 12.8. The van der Waals surface area contributed by atoms with Gasteiger partial charge in [-0.15, -0.1) is 0 Å². The van der Waals surface area contributed by atoms with Gasteiger partial charge in [0.05, 0.1) is 5.41 Å². The molecule has 2 N–H and O–H groups in total. The van der Waals surface area contributed by atoms with Crippen LogP contribution >= 0.6 is 0 Å². The Hall–Kier alpha value is -1.52. The SMILES string of the molecule is CCC1(C(=O)O)CCCN(C(=O)NCC2CC=CCC2)C1. The summed E-state index contributed by atoms with van der Waals surface area (Å²) in [4.78, 5) is 25.5. The number of urea groups is 1. The molecule has 2 rings (SSSR count). The molecule has 0 aromatic rings. The van der Waals surface area contributed by atoms with Crippen LogP contribution in [0.5, 0.6) is 0 Å². The van der Waals surface area contributed by atoms with E-state index in [-0.39, 0.29) is 6.03 Å². The average Bonchev–Trinajstić information content (AvgIpc) is 2.53. The van der Waals surface area contributed by atoms with Crippen molar-refractivity contribution >= 4 is 12.0 Å². The van der Waals surface area contributed by atoms with Crippen LogP contribution in [-0.2, 0) is 4.79 Å². The van der Waals surface area contributed by atoms with E-state index in [1.807, 2.05) is 6.92 Å². The first-order valence-corrected chi connectivity index (χ1v) is 7.98. The van der Waals surface area contributed by atoms with E-state index in [1.54, 1.807) is 4.90 Å². The van der Waals surface area contributed by atoms with Crippen molar-refractivity contribution in [2.45, 2.75) is 45.4 Å². The van der Waals surface area contributed by atoms with Crippen molar-refractivity contribution in [1.29, 1.82) is 0 Å². The summed E-state index contributed by atoms with van der Waals surface area (Å²) in [5, 5.41) is 12.4. The molecule has 0 saturated carbocycles. The first-order valence-electron chi connectivity index (χ1n) is 7.98. The molecular weight excluding hydrogens is 268 g/mol. The molecule has 2 aliphatic rings. The first kappa shape index (κ1) is 15.9. The molecule has 5 nitrogen and oxygen atoms in total. The Bertz CT molecular complexity index is 422. The number of carbonyl (C=O) groups excluding carboxylic acids is 1. The number of piperidine rings is 1. The molecular formula is C16H26N2O3. The zero-order valence-electron chi connectivity index (χ0n) is 12.8. The van der Waals surface area contributed by atoms with E-state index in [9.17, 15) is 14.7 Å². The quantitative estimate of drug-likeness (QED) is 0.783. The normalized spacial score (nSPS) is 29.2. The van der Waals surface area contributed by atoms with E-state index in [1.165, 1.54) is 0 Å². The number of rotatable bonds is 4. The minimum Gasteiger partial charge on any atom is -0.481 e. The monoisotopic (exact) mass is 294 g/mol. The number of nitrogens with zero attached hydrogens (tertiary/aromatic N) is 1. The van der Waals surface area contributed by atoms with Crippen LogP contribution in [0, 0.1) is 11.3 Å². The summed E-state index contributed by atoms with van der Waals surface area (Å²) in [6.07, 6.45) is 9.58. The van der Waals surface area contributed by atoms with Crippen molar-refractivity contribution in [3.05, 3.63) is 12.2 Å². The van der Waals surface area contributed by atoms with E-state index >= 15 is 0 Å². The highest BCUT2D eigenvalue weighted by molar-refractivity contribution is 5.78. The Morgan fingerprint density at radius 2 is 2.24 bits per heavy atom. The largest absolute Gasteiger partial charge is 0.481 e. The van der Waals surface area contributed by atoms with Gasteiger partial charge < -0.3 is 15.3 Å². The standard InChI is InChI=1S/C16H26N2O3/c1-2-16(14(19)20)9-6-10-18(12-16)15(21)17-11-13-7-4-3-5-8-13/h3-4,13H,2,5-12H2,1H3,(H,17,21)(H,19,20). The number of carboxylic acid groups (broad SMARTS) is 1. The molecule has 1 aliphatic carbocycles. The van der Waals surface area contributed by atoms with Crippen LogP contribution in [0.25, 0.3) is 0 Å². The van der Waals surface area contributed by atoms with Crippen molar-refractivity contribution in [2.24, 2.45) is 11.3 Å². The van der Waals surface area contributed by atoms with Crippen molar-refractivity contribution in [2.75, 3.05) is 19.6 Å². The number of amides is 2. The number of aliphatic carboxylic acids is 1. The van der Waals surface area contributed by atoms with Gasteiger partial charge in [0.25, 0.3) is 0 Å². The molecule has 1 fully saturated rings. The molecule has 0 bridgehead atoms. The minimum atomic E-state index is -0.778. The molecule has 0 aromatic heterocycles. The van der Waals surface area contributed by atoms with Gasteiger partial charge in [-0.2, -0.15) is 0 Å². The van der Waals surface area contributed by atoms with E-state index in [0.29, 0.717) is 38.4 Å². The molecule has 1 heterocycles. The Morgan fingerprint density at radius 1 is 1.43 bits per heavy atom. The van der Waals surface area contributed by atoms with Crippen LogP contribution in [-0.4, -0.2) is 41.6 Å². The number of carboxylic acids is 1. The van der Waals surface area contributed by atoms with E-state index < -0.39 is 11.4 Å². The number of likely N-dealkylation sites (tertiary alicyclic amines) is 1. The summed E-state index contributed by atoms with van der Waals surface area (Å²) in [7, 11) is 0. The van der Waals surface area contributed by atoms with Crippen molar-refractivity contribution in [1.82, 2.24) is 10.2 Å². The van der Waals surface area contributed by atoms with Gasteiger partial charge in [0, 0.05) is 19.6 Å². The van der Waals surface area contributed by atoms with Gasteiger partial charge >= 0.3 is 12.0 Å². The third-order valence-corrected chi connectivity index (χ3v) is 4.91. The van der Waals surface area contributed by atoms with E-state index in [0.717, 1.165) is 25.7 Å². The summed E-state index contributed by atoms with van der Waals surface area (Å²) in [5.74, 6) is -0.265. The molecule has 0 aromatic carbocycles. The number of carbonyl (C=O) groups is 2. The third-order valence-electron chi connectivity index (χ3n) is 4.91. The van der Waals surface area contributed by atoms with Crippen LogP contribution in [0.4, 0.5) is 4.79 Å². The molecule has 0 radical (unpaired) electrons. The summed E-state index contributed by atoms with van der Waals surface area (Å²) < 4.78 is 0. The second-order valence-electron chi connectivity index (χ2n) is 6.30. The van der Waals surface area contributed by atoms with E-state index in [2.05, 4.69) is 17.5 Å². The van der Waals surface area contributed by atoms with Gasteiger partial charge in [-0.1, -0.05) is 19.1 Å². The lowest BCUT2D eigenvalue weighted by atomic mass is 9.78. The van der Waals surface area contributed by atoms with Crippen LogP contribution < -0.4 is 5.32 Å². The highest BCUT2D eigenvalue weighted by atomic mass is 16.4. The molecule has 21 heavy (non-hydrogen) atoms. The smallest absolute Gasteiger partial charge is 0.317 e. The molecule has 0 spiro atoms. The third kappa shape index (κ3) is 3.77. The second kappa shape index (κ2) is 6.96. The molecule has 2 atom stereocenters. The van der Waals surface area contributed by atoms with Crippen molar-refractivity contribution in [3.63, 3.8) is 0 Å². The molecule has 1 aliphatic heterocycles. The van der Waals surface area contributed by atoms with Gasteiger partial charge in [-0.3, -0.25) is 4.79 Å². The van der Waals surface area contributed by atoms with Gasteiger partial charge in [0.1, 0.15) is 0 Å². The number of hydrogen-bond acceptors (Lipinski definition) is 2. The predicted octanol–water partition coefficient (Wildman–Crippen LogP) is 2.63. The van der Waals surface area contributed by atoms with Crippen LogP contribution in [0.2, 0.25) is 0 Å². The maximum atomic E-state index is 12.3. The second-order valence-corrected chi connectivity index (χ2v) is 6.30. The van der Waals surface area contributed by atoms with Gasteiger partial charge in [-0.05, 0) is 44.4 Å². The average molecular weight is 294 g/mol. The molecule has 5 heteroatoms. The topological polar surface area (TPSA) is 69.6 Å². The van der Waals surface area contributed by atoms with E-state index in [4.69, 9.17) is 0 Å².